The van der Waals surface area contributed by atoms with Gasteiger partial charge in [-0.15, -0.1) is 16.4 Å². The van der Waals surface area contributed by atoms with E-state index < -0.39 is 5.91 Å². The van der Waals surface area contributed by atoms with Gasteiger partial charge in [0.05, 0.1) is 10.6 Å². The number of carbonyl (C=O) groups excluding carboxylic acids is 1. The van der Waals surface area contributed by atoms with Crippen LogP contribution in [0, 0.1) is 10.6 Å². The molecule has 1 amide bonds. The van der Waals surface area contributed by atoms with E-state index in [4.69, 9.17) is 12.2 Å². The highest BCUT2D eigenvalue weighted by Gasteiger charge is 2.19. The Morgan fingerprint density at radius 2 is 2.10 bits per heavy atom. The summed E-state index contributed by atoms with van der Waals surface area (Å²) in [5.74, 6) is 0.586. The highest BCUT2D eigenvalue weighted by molar-refractivity contribution is 7.71. The van der Waals surface area contributed by atoms with Crippen molar-refractivity contribution >= 4 is 29.5 Å². The summed E-state index contributed by atoms with van der Waals surface area (Å²) in [6.07, 6.45) is 0.517. The zero-order valence-electron chi connectivity index (χ0n) is 16.0. The van der Waals surface area contributed by atoms with Crippen molar-refractivity contribution < 1.29 is 9.18 Å². The molecule has 0 aliphatic rings. The van der Waals surface area contributed by atoms with Gasteiger partial charge in [0.1, 0.15) is 11.6 Å². The normalized spacial score (nSPS) is 11.0. The van der Waals surface area contributed by atoms with Crippen molar-refractivity contribution in [3.05, 3.63) is 64.0 Å². The standard InChI is InChI=1S/C19H18FN7OS2/c1-2-26-15(23-24-19(26)29)9-10-21-18(28)16-22-17(14-4-3-11-30-14)27(25-16)13-7-5-12(20)6-8-13/h3-8,11H,2,9-10H2,1H3,(H,21,28)(H,24,29). The predicted octanol–water partition coefficient (Wildman–Crippen LogP) is 3.38. The van der Waals surface area contributed by atoms with Crippen molar-refractivity contribution in [2.45, 2.75) is 19.9 Å². The van der Waals surface area contributed by atoms with E-state index in [1.807, 2.05) is 29.0 Å². The van der Waals surface area contributed by atoms with E-state index in [2.05, 4.69) is 25.6 Å². The number of thiophene rings is 1. The minimum Gasteiger partial charge on any atom is -0.349 e. The third-order valence-corrected chi connectivity index (χ3v) is 5.59. The molecule has 0 saturated heterocycles. The second-order valence-electron chi connectivity index (χ2n) is 6.32. The molecule has 0 radical (unpaired) electrons. The van der Waals surface area contributed by atoms with E-state index in [0.29, 0.717) is 35.8 Å². The summed E-state index contributed by atoms with van der Waals surface area (Å²) in [6.45, 7) is 3.04. The summed E-state index contributed by atoms with van der Waals surface area (Å²) in [6, 6.07) is 9.66. The van der Waals surface area contributed by atoms with E-state index in [1.165, 1.54) is 23.5 Å². The third kappa shape index (κ3) is 4.07. The summed E-state index contributed by atoms with van der Waals surface area (Å²) in [5, 5.41) is 16.0. The molecule has 11 heteroatoms. The zero-order valence-corrected chi connectivity index (χ0v) is 17.6. The van der Waals surface area contributed by atoms with Gasteiger partial charge in [0.2, 0.25) is 5.82 Å². The first-order chi connectivity index (χ1) is 14.6. The van der Waals surface area contributed by atoms with Gasteiger partial charge in [-0.25, -0.2) is 14.1 Å². The largest absolute Gasteiger partial charge is 0.349 e. The number of hydrogen-bond acceptors (Lipinski definition) is 6. The number of H-pyrrole nitrogens is 1. The minimum atomic E-state index is -0.397. The Labute approximate surface area is 180 Å². The number of nitrogens with zero attached hydrogens (tertiary/aromatic N) is 5. The molecule has 0 bridgehead atoms. The van der Waals surface area contributed by atoms with Gasteiger partial charge in [0, 0.05) is 19.5 Å². The average Bonchev–Trinajstić information content (AvgIpc) is 3.48. The molecule has 0 atom stereocenters. The summed E-state index contributed by atoms with van der Waals surface area (Å²) in [5.41, 5.74) is 0.616. The molecular formula is C19H18FN7OS2. The van der Waals surface area contributed by atoms with E-state index in [9.17, 15) is 9.18 Å². The van der Waals surface area contributed by atoms with Gasteiger partial charge in [-0.2, -0.15) is 5.10 Å². The first kappa shape index (κ1) is 20.1. The maximum absolute atomic E-state index is 13.3. The number of benzene rings is 1. The van der Waals surface area contributed by atoms with Crippen molar-refractivity contribution in [1.82, 2.24) is 34.8 Å². The summed E-state index contributed by atoms with van der Waals surface area (Å²) in [7, 11) is 0. The predicted molar refractivity (Wildman–Crippen MR) is 114 cm³/mol. The molecule has 8 nitrogen and oxygen atoms in total. The van der Waals surface area contributed by atoms with Crippen molar-refractivity contribution in [2.75, 3.05) is 6.54 Å². The van der Waals surface area contributed by atoms with E-state index in [1.54, 1.807) is 16.8 Å². The SMILES string of the molecule is CCn1c(CCNC(=O)c2nc(-c3cccs3)n(-c3ccc(F)cc3)n2)n[nH]c1=S. The summed E-state index contributed by atoms with van der Waals surface area (Å²) >= 11 is 6.65. The van der Waals surface area contributed by atoms with Crippen LogP contribution >= 0.6 is 23.6 Å². The number of hydrogen-bond donors (Lipinski definition) is 2. The molecule has 1 aromatic carbocycles. The van der Waals surface area contributed by atoms with Crippen LogP contribution in [0.15, 0.2) is 41.8 Å². The number of nitrogens with one attached hydrogen (secondary N) is 2. The second-order valence-corrected chi connectivity index (χ2v) is 7.65. The van der Waals surface area contributed by atoms with Crippen LogP contribution < -0.4 is 5.32 Å². The Morgan fingerprint density at radius 1 is 1.30 bits per heavy atom. The number of rotatable bonds is 7. The Morgan fingerprint density at radius 3 is 2.80 bits per heavy atom. The summed E-state index contributed by atoms with van der Waals surface area (Å²) < 4.78 is 17.3. The monoisotopic (exact) mass is 443 g/mol. The molecule has 30 heavy (non-hydrogen) atoms. The van der Waals surface area contributed by atoms with E-state index >= 15 is 0 Å². The van der Waals surface area contributed by atoms with E-state index in [0.717, 1.165) is 10.7 Å². The highest BCUT2D eigenvalue weighted by atomic mass is 32.1. The third-order valence-electron chi connectivity index (χ3n) is 4.41. The molecule has 0 unspecified atom stereocenters. The van der Waals surface area contributed by atoms with Crippen LogP contribution in [0.3, 0.4) is 0 Å². The number of halogens is 1. The van der Waals surface area contributed by atoms with Crippen LogP contribution in [-0.4, -0.2) is 42.0 Å². The Hall–Kier alpha value is -3.18. The molecule has 0 aliphatic heterocycles. The van der Waals surface area contributed by atoms with Crippen LogP contribution in [0.5, 0.6) is 0 Å². The van der Waals surface area contributed by atoms with Crippen LogP contribution in [0.4, 0.5) is 4.39 Å². The molecule has 0 fully saturated rings. The molecule has 0 aliphatic carbocycles. The Bertz CT molecular complexity index is 1210. The second kappa shape index (κ2) is 8.67. The number of aromatic nitrogens is 6. The fourth-order valence-corrected chi connectivity index (χ4v) is 3.95. The maximum atomic E-state index is 13.3. The fraction of sp³-hybridized carbons (Fsp3) is 0.211. The zero-order chi connectivity index (χ0) is 21.1. The molecule has 0 saturated carbocycles. The van der Waals surface area contributed by atoms with Crippen molar-refractivity contribution in [3.8, 4) is 16.4 Å². The number of amides is 1. The first-order valence-corrected chi connectivity index (χ1v) is 10.5. The van der Waals surface area contributed by atoms with Crippen molar-refractivity contribution in [1.29, 1.82) is 0 Å². The molecule has 3 aromatic heterocycles. The maximum Gasteiger partial charge on any atom is 0.291 e. The van der Waals surface area contributed by atoms with Crippen LogP contribution in [0.1, 0.15) is 23.4 Å². The van der Waals surface area contributed by atoms with E-state index in [-0.39, 0.29) is 11.6 Å². The molecule has 154 valence electrons. The van der Waals surface area contributed by atoms with Gasteiger partial charge >= 0.3 is 0 Å². The Balaban J connectivity index is 1.55. The lowest BCUT2D eigenvalue weighted by Crippen LogP contribution is -2.27. The molecule has 3 heterocycles. The fourth-order valence-electron chi connectivity index (χ4n) is 2.97. The smallest absolute Gasteiger partial charge is 0.291 e. The average molecular weight is 444 g/mol. The lowest BCUT2D eigenvalue weighted by atomic mass is 10.3. The molecular weight excluding hydrogens is 425 g/mol. The van der Waals surface area contributed by atoms with Crippen LogP contribution in [-0.2, 0) is 13.0 Å². The van der Waals surface area contributed by atoms with Gasteiger partial charge < -0.3 is 9.88 Å². The van der Waals surface area contributed by atoms with Crippen LogP contribution in [0.2, 0.25) is 0 Å². The van der Waals surface area contributed by atoms with Gasteiger partial charge in [-0.3, -0.25) is 9.89 Å². The van der Waals surface area contributed by atoms with Crippen LogP contribution in [0.25, 0.3) is 16.4 Å². The van der Waals surface area contributed by atoms with Crippen molar-refractivity contribution in [2.24, 2.45) is 0 Å². The molecule has 2 N–H and O–H groups in total. The van der Waals surface area contributed by atoms with Gasteiger partial charge in [-0.1, -0.05) is 6.07 Å². The lowest BCUT2D eigenvalue weighted by molar-refractivity contribution is 0.0943. The minimum absolute atomic E-state index is 0.0390. The van der Waals surface area contributed by atoms with Gasteiger partial charge in [0.15, 0.2) is 10.6 Å². The van der Waals surface area contributed by atoms with Crippen molar-refractivity contribution in [3.63, 3.8) is 0 Å². The molecule has 4 rings (SSSR count). The number of aromatic amines is 1. The molecule has 0 spiro atoms. The van der Waals surface area contributed by atoms with Gasteiger partial charge in [-0.05, 0) is 54.9 Å². The highest BCUT2D eigenvalue weighted by Crippen LogP contribution is 2.25. The Kier molecular flexibility index (Phi) is 5.81. The lowest BCUT2D eigenvalue weighted by Gasteiger charge is -2.04. The topological polar surface area (TPSA) is 93.4 Å². The first-order valence-electron chi connectivity index (χ1n) is 9.26. The quantitative estimate of drug-likeness (QED) is 0.427. The summed E-state index contributed by atoms with van der Waals surface area (Å²) in [4.78, 5) is 17.9. The molecule has 4 aromatic rings. The number of carbonyl (C=O) groups is 1. The van der Waals surface area contributed by atoms with Gasteiger partial charge in [0.25, 0.3) is 5.91 Å².